The van der Waals surface area contributed by atoms with Crippen LogP contribution >= 0.6 is 0 Å². The van der Waals surface area contributed by atoms with Crippen LogP contribution in [0.2, 0.25) is 0 Å². The summed E-state index contributed by atoms with van der Waals surface area (Å²) in [6.07, 6.45) is 4.73. The first-order valence-corrected chi connectivity index (χ1v) is 10.9. The van der Waals surface area contributed by atoms with Crippen LogP contribution < -0.4 is 19.3 Å². The van der Waals surface area contributed by atoms with Crippen LogP contribution in [-0.2, 0) is 10.0 Å². The molecule has 1 fully saturated rings. The molecular formula is C20H22N6O3S. The first kappa shape index (κ1) is 19.9. The van der Waals surface area contributed by atoms with Crippen molar-refractivity contribution in [3.8, 4) is 5.75 Å². The number of sulfonamides is 1. The predicted octanol–water partition coefficient (Wildman–Crippen LogP) is 2.01. The number of nitrogens with one attached hydrogen (secondary N) is 1. The van der Waals surface area contributed by atoms with Crippen molar-refractivity contribution in [1.29, 1.82) is 0 Å². The largest absolute Gasteiger partial charge is 0.495 e. The number of nitrogens with zero attached hydrogens (tertiary/aromatic N) is 5. The van der Waals surface area contributed by atoms with Crippen molar-refractivity contribution in [2.75, 3.05) is 47.8 Å². The fourth-order valence-electron chi connectivity index (χ4n) is 3.26. The lowest BCUT2D eigenvalue weighted by Crippen LogP contribution is -2.47. The normalized spacial score (nSPS) is 14.4. The lowest BCUT2D eigenvalue weighted by molar-refractivity contribution is 0.403. The molecule has 1 aromatic carbocycles. The highest BCUT2D eigenvalue weighted by Gasteiger charge is 2.21. The van der Waals surface area contributed by atoms with Gasteiger partial charge in [0.1, 0.15) is 16.5 Å². The highest BCUT2D eigenvalue weighted by atomic mass is 32.2. The highest BCUT2D eigenvalue weighted by Crippen LogP contribution is 2.25. The monoisotopic (exact) mass is 426 g/mol. The van der Waals surface area contributed by atoms with E-state index in [1.54, 1.807) is 24.4 Å². The minimum absolute atomic E-state index is 0.0576. The van der Waals surface area contributed by atoms with Gasteiger partial charge in [0.15, 0.2) is 0 Å². The molecule has 0 spiro atoms. The number of hydrogen-bond donors (Lipinski definition) is 1. The Bertz CT molecular complexity index is 1090. The first-order valence-electron chi connectivity index (χ1n) is 9.45. The SMILES string of the molecule is COc1ccccc1S(=O)(=O)Nc1cnc(N2CCN(c3ccccn3)CC2)nc1. The van der Waals surface area contributed by atoms with Crippen LogP contribution in [0.25, 0.3) is 0 Å². The van der Waals surface area contributed by atoms with Crippen LogP contribution in [-0.4, -0.2) is 56.7 Å². The molecule has 1 aliphatic rings. The molecule has 30 heavy (non-hydrogen) atoms. The molecule has 3 heterocycles. The van der Waals surface area contributed by atoms with Crippen LogP contribution in [0.1, 0.15) is 0 Å². The molecule has 1 saturated heterocycles. The second-order valence-electron chi connectivity index (χ2n) is 6.69. The zero-order chi connectivity index (χ0) is 21.0. The van der Waals surface area contributed by atoms with E-state index in [1.165, 1.54) is 25.6 Å². The molecule has 0 aliphatic carbocycles. The maximum Gasteiger partial charge on any atom is 0.265 e. The van der Waals surface area contributed by atoms with Gasteiger partial charge >= 0.3 is 0 Å². The molecule has 156 valence electrons. The minimum Gasteiger partial charge on any atom is -0.495 e. The van der Waals surface area contributed by atoms with E-state index >= 15 is 0 Å². The topological polar surface area (TPSA) is 101 Å². The van der Waals surface area contributed by atoms with E-state index in [9.17, 15) is 8.42 Å². The summed E-state index contributed by atoms with van der Waals surface area (Å²) in [7, 11) is -2.38. The molecular weight excluding hydrogens is 404 g/mol. The van der Waals surface area contributed by atoms with Crippen molar-refractivity contribution < 1.29 is 13.2 Å². The molecule has 2 aromatic heterocycles. The molecule has 0 amide bonds. The lowest BCUT2D eigenvalue weighted by Gasteiger charge is -2.35. The number of aromatic nitrogens is 3. The summed E-state index contributed by atoms with van der Waals surface area (Å²) >= 11 is 0. The minimum atomic E-state index is -3.81. The van der Waals surface area contributed by atoms with Gasteiger partial charge in [0.25, 0.3) is 10.0 Å². The van der Waals surface area contributed by atoms with E-state index in [2.05, 4.69) is 29.5 Å². The molecule has 0 unspecified atom stereocenters. The molecule has 10 heteroatoms. The molecule has 0 atom stereocenters. The van der Waals surface area contributed by atoms with Gasteiger partial charge in [-0.2, -0.15) is 0 Å². The number of hydrogen-bond acceptors (Lipinski definition) is 8. The molecule has 4 rings (SSSR count). The molecule has 9 nitrogen and oxygen atoms in total. The summed E-state index contributed by atoms with van der Waals surface area (Å²) in [5.41, 5.74) is 0.289. The Labute approximate surface area is 175 Å². The summed E-state index contributed by atoms with van der Waals surface area (Å²) in [6.45, 7) is 3.12. The van der Waals surface area contributed by atoms with Gasteiger partial charge < -0.3 is 14.5 Å². The third kappa shape index (κ3) is 4.28. The summed E-state index contributed by atoms with van der Waals surface area (Å²) in [5, 5.41) is 0. The molecule has 3 aromatic rings. The summed E-state index contributed by atoms with van der Waals surface area (Å²) < 4.78 is 33.0. The molecule has 1 aliphatic heterocycles. The Balaban J connectivity index is 1.41. The van der Waals surface area contributed by atoms with Gasteiger partial charge in [-0.15, -0.1) is 0 Å². The van der Waals surface area contributed by atoms with Crippen molar-refractivity contribution in [1.82, 2.24) is 15.0 Å². The summed E-state index contributed by atoms with van der Waals surface area (Å²) in [4.78, 5) is 17.4. The van der Waals surface area contributed by atoms with Crippen LogP contribution in [0, 0.1) is 0 Å². The van der Waals surface area contributed by atoms with E-state index in [0.717, 1.165) is 32.0 Å². The van der Waals surface area contributed by atoms with Gasteiger partial charge in [0.2, 0.25) is 5.95 Å². The second-order valence-corrected chi connectivity index (χ2v) is 8.34. The predicted molar refractivity (Wildman–Crippen MR) is 114 cm³/mol. The van der Waals surface area contributed by atoms with Crippen LogP contribution in [0.5, 0.6) is 5.75 Å². The number of para-hydroxylation sites is 1. The smallest absolute Gasteiger partial charge is 0.265 e. The fraction of sp³-hybridized carbons (Fsp3) is 0.250. The van der Waals surface area contributed by atoms with Crippen molar-refractivity contribution in [2.45, 2.75) is 4.90 Å². The van der Waals surface area contributed by atoms with Gasteiger partial charge in [-0.3, -0.25) is 4.72 Å². The summed E-state index contributed by atoms with van der Waals surface area (Å²) in [6, 6.07) is 12.3. The number of rotatable bonds is 6. The number of methoxy groups -OCH3 is 1. The lowest BCUT2D eigenvalue weighted by atomic mass is 10.3. The maximum atomic E-state index is 12.7. The first-order chi connectivity index (χ1) is 14.6. The van der Waals surface area contributed by atoms with E-state index < -0.39 is 10.0 Å². The Kier molecular flexibility index (Phi) is 5.66. The fourth-order valence-corrected chi connectivity index (χ4v) is 4.46. The molecule has 1 N–H and O–H groups in total. The van der Waals surface area contributed by atoms with Crippen molar-refractivity contribution in [3.05, 3.63) is 61.1 Å². The molecule has 0 bridgehead atoms. The number of pyridine rings is 1. The Hall–Kier alpha value is -3.40. The average molecular weight is 427 g/mol. The Morgan fingerprint density at radius 3 is 2.23 bits per heavy atom. The number of anilines is 3. The summed E-state index contributed by atoms with van der Waals surface area (Å²) in [5.74, 6) is 1.79. The number of piperazine rings is 1. The van der Waals surface area contributed by atoms with Gasteiger partial charge in [0, 0.05) is 32.4 Å². The van der Waals surface area contributed by atoms with Crippen LogP contribution in [0.4, 0.5) is 17.5 Å². The standard InChI is InChI=1S/C20H22N6O3S/c1-29-17-6-2-3-7-18(17)30(27,28)24-16-14-22-20(23-15-16)26-12-10-25(11-13-26)19-8-4-5-9-21-19/h2-9,14-15,24H,10-13H2,1H3. The van der Waals surface area contributed by atoms with E-state index in [4.69, 9.17) is 4.74 Å². The third-order valence-corrected chi connectivity index (χ3v) is 6.21. The van der Waals surface area contributed by atoms with Crippen molar-refractivity contribution in [3.63, 3.8) is 0 Å². The van der Waals surface area contributed by atoms with Gasteiger partial charge in [-0.1, -0.05) is 18.2 Å². The average Bonchev–Trinajstić information content (AvgIpc) is 2.80. The maximum absolute atomic E-state index is 12.7. The van der Waals surface area contributed by atoms with Gasteiger partial charge in [-0.05, 0) is 24.3 Å². The van der Waals surface area contributed by atoms with Crippen molar-refractivity contribution >= 4 is 27.5 Å². The van der Waals surface area contributed by atoms with Crippen LogP contribution in [0.15, 0.2) is 66.0 Å². The van der Waals surface area contributed by atoms with E-state index in [0.29, 0.717) is 5.95 Å². The van der Waals surface area contributed by atoms with Crippen LogP contribution in [0.3, 0.4) is 0 Å². The molecule has 0 saturated carbocycles. The quantitative estimate of drug-likeness (QED) is 0.639. The van der Waals surface area contributed by atoms with E-state index in [1.807, 2.05) is 18.2 Å². The number of ether oxygens (including phenoxy) is 1. The highest BCUT2D eigenvalue weighted by molar-refractivity contribution is 7.92. The van der Waals surface area contributed by atoms with Gasteiger partial charge in [-0.25, -0.2) is 23.4 Å². The van der Waals surface area contributed by atoms with Crippen molar-refractivity contribution in [2.24, 2.45) is 0 Å². The van der Waals surface area contributed by atoms with E-state index in [-0.39, 0.29) is 16.3 Å². The zero-order valence-electron chi connectivity index (χ0n) is 16.5. The zero-order valence-corrected chi connectivity index (χ0v) is 17.3. The number of benzene rings is 1. The van der Waals surface area contributed by atoms with Gasteiger partial charge in [0.05, 0.1) is 25.2 Å². The Morgan fingerprint density at radius 1 is 0.900 bits per heavy atom. The second kappa shape index (κ2) is 8.54. The Morgan fingerprint density at radius 2 is 1.57 bits per heavy atom. The molecule has 0 radical (unpaired) electrons. The third-order valence-electron chi connectivity index (χ3n) is 4.78.